The van der Waals surface area contributed by atoms with Crippen LogP contribution in [0.4, 0.5) is 0 Å². The minimum absolute atomic E-state index is 0.492. The highest BCUT2D eigenvalue weighted by atomic mass is 32.1. The standard InChI is InChI=1S/C12H17N3S/c1-8-9(7-13-10-6-12(10,2)3)15-4-5-16-11(15)14-8/h4-5,10,13H,6-7H2,1-3H3. The minimum Gasteiger partial charge on any atom is -0.308 e. The first-order valence-corrected chi connectivity index (χ1v) is 6.60. The SMILES string of the molecule is Cc1nc2sccn2c1CNC1CC1(C)C. The summed E-state index contributed by atoms with van der Waals surface area (Å²) >= 11 is 1.70. The molecule has 1 unspecified atom stereocenters. The van der Waals surface area contributed by atoms with E-state index < -0.39 is 0 Å². The first kappa shape index (κ1) is 10.3. The van der Waals surface area contributed by atoms with Gasteiger partial charge >= 0.3 is 0 Å². The molecule has 0 radical (unpaired) electrons. The molecule has 3 rings (SSSR count). The summed E-state index contributed by atoms with van der Waals surface area (Å²) in [6.07, 6.45) is 3.40. The number of nitrogens with zero attached hydrogens (tertiary/aromatic N) is 2. The monoisotopic (exact) mass is 235 g/mol. The van der Waals surface area contributed by atoms with E-state index in [1.54, 1.807) is 11.3 Å². The number of hydrogen-bond donors (Lipinski definition) is 1. The van der Waals surface area contributed by atoms with Crippen molar-refractivity contribution in [2.24, 2.45) is 5.41 Å². The molecule has 1 atom stereocenters. The molecule has 86 valence electrons. The van der Waals surface area contributed by atoms with Crippen molar-refractivity contribution in [3.63, 3.8) is 0 Å². The Labute approximate surface area is 99.5 Å². The number of imidazole rings is 1. The first-order chi connectivity index (χ1) is 7.58. The van der Waals surface area contributed by atoms with Crippen LogP contribution in [-0.2, 0) is 6.54 Å². The number of thiazole rings is 1. The molecule has 2 aromatic heterocycles. The minimum atomic E-state index is 0.492. The summed E-state index contributed by atoms with van der Waals surface area (Å²) in [7, 11) is 0. The van der Waals surface area contributed by atoms with Gasteiger partial charge in [0.1, 0.15) is 0 Å². The molecule has 3 nitrogen and oxygen atoms in total. The maximum absolute atomic E-state index is 4.55. The topological polar surface area (TPSA) is 29.3 Å². The second-order valence-corrected chi connectivity index (χ2v) is 6.20. The van der Waals surface area contributed by atoms with Gasteiger partial charge in [0.25, 0.3) is 0 Å². The lowest BCUT2D eigenvalue weighted by Crippen LogP contribution is -2.21. The van der Waals surface area contributed by atoms with Crippen LogP contribution in [0, 0.1) is 12.3 Å². The molecule has 0 spiro atoms. The van der Waals surface area contributed by atoms with E-state index in [4.69, 9.17) is 0 Å². The third-order valence-electron chi connectivity index (χ3n) is 3.59. The summed E-state index contributed by atoms with van der Waals surface area (Å²) in [5.74, 6) is 0. The van der Waals surface area contributed by atoms with E-state index in [9.17, 15) is 0 Å². The molecule has 0 saturated heterocycles. The van der Waals surface area contributed by atoms with Crippen molar-refractivity contribution < 1.29 is 0 Å². The van der Waals surface area contributed by atoms with Gasteiger partial charge in [-0.3, -0.25) is 4.40 Å². The van der Waals surface area contributed by atoms with Gasteiger partial charge in [-0.2, -0.15) is 0 Å². The second-order valence-electron chi connectivity index (χ2n) is 5.33. The van der Waals surface area contributed by atoms with Gasteiger partial charge in [0.15, 0.2) is 4.96 Å². The molecule has 4 heteroatoms. The lowest BCUT2D eigenvalue weighted by Gasteiger charge is -2.06. The van der Waals surface area contributed by atoms with Crippen LogP contribution in [0.5, 0.6) is 0 Å². The Hall–Kier alpha value is -0.870. The zero-order valence-electron chi connectivity index (χ0n) is 9.95. The van der Waals surface area contributed by atoms with E-state index in [-0.39, 0.29) is 0 Å². The van der Waals surface area contributed by atoms with Gasteiger partial charge in [-0.05, 0) is 18.8 Å². The summed E-state index contributed by atoms with van der Waals surface area (Å²) in [5.41, 5.74) is 2.95. The molecule has 2 aromatic rings. The molecule has 1 saturated carbocycles. The lowest BCUT2D eigenvalue weighted by atomic mass is 10.2. The number of hydrogen-bond acceptors (Lipinski definition) is 3. The molecule has 1 N–H and O–H groups in total. The van der Waals surface area contributed by atoms with Crippen molar-refractivity contribution >= 4 is 16.3 Å². The average Bonchev–Trinajstić information content (AvgIpc) is 2.60. The van der Waals surface area contributed by atoms with Crippen molar-refractivity contribution in [1.82, 2.24) is 14.7 Å². The molecule has 1 fully saturated rings. The highest BCUT2D eigenvalue weighted by molar-refractivity contribution is 7.15. The Balaban J connectivity index is 1.78. The van der Waals surface area contributed by atoms with Crippen molar-refractivity contribution in [2.45, 2.75) is 39.8 Å². The molecule has 0 aliphatic heterocycles. The van der Waals surface area contributed by atoms with Gasteiger partial charge in [0.05, 0.1) is 11.4 Å². The van der Waals surface area contributed by atoms with E-state index in [0.717, 1.165) is 17.2 Å². The fourth-order valence-electron chi connectivity index (χ4n) is 2.19. The molecule has 1 aliphatic rings. The summed E-state index contributed by atoms with van der Waals surface area (Å²) in [5, 5.41) is 5.71. The van der Waals surface area contributed by atoms with E-state index in [2.05, 4.69) is 47.0 Å². The van der Waals surface area contributed by atoms with Crippen LogP contribution < -0.4 is 5.32 Å². The van der Waals surface area contributed by atoms with Crippen LogP contribution in [0.15, 0.2) is 11.6 Å². The van der Waals surface area contributed by atoms with Gasteiger partial charge in [-0.25, -0.2) is 4.98 Å². The van der Waals surface area contributed by atoms with Gasteiger partial charge in [-0.1, -0.05) is 13.8 Å². The summed E-state index contributed by atoms with van der Waals surface area (Å²) in [6, 6.07) is 0.677. The Kier molecular flexibility index (Phi) is 2.13. The van der Waals surface area contributed by atoms with E-state index >= 15 is 0 Å². The quantitative estimate of drug-likeness (QED) is 0.886. The summed E-state index contributed by atoms with van der Waals surface area (Å²) < 4.78 is 2.20. The number of nitrogens with one attached hydrogen (secondary N) is 1. The van der Waals surface area contributed by atoms with Gasteiger partial charge < -0.3 is 5.32 Å². The number of aryl methyl sites for hydroxylation is 1. The van der Waals surface area contributed by atoms with Crippen LogP contribution in [0.2, 0.25) is 0 Å². The Bertz CT molecular complexity index is 523. The van der Waals surface area contributed by atoms with Crippen LogP contribution in [0.1, 0.15) is 31.7 Å². The van der Waals surface area contributed by atoms with Crippen molar-refractivity contribution in [3.05, 3.63) is 23.0 Å². The van der Waals surface area contributed by atoms with E-state index in [0.29, 0.717) is 11.5 Å². The molecule has 2 heterocycles. The van der Waals surface area contributed by atoms with Crippen LogP contribution in [0.25, 0.3) is 4.96 Å². The molecule has 0 amide bonds. The third-order valence-corrected chi connectivity index (χ3v) is 4.35. The average molecular weight is 235 g/mol. The lowest BCUT2D eigenvalue weighted by molar-refractivity contribution is 0.537. The Morgan fingerprint density at radius 1 is 1.62 bits per heavy atom. The smallest absolute Gasteiger partial charge is 0.194 e. The van der Waals surface area contributed by atoms with Gasteiger partial charge in [0, 0.05) is 24.2 Å². The number of fused-ring (bicyclic) bond motifs is 1. The highest BCUT2D eigenvalue weighted by Crippen LogP contribution is 2.44. The molecule has 16 heavy (non-hydrogen) atoms. The maximum Gasteiger partial charge on any atom is 0.194 e. The molecule has 0 bridgehead atoms. The zero-order chi connectivity index (χ0) is 11.3. The fraction of sp³-hybridized carbons (Fsp3) is 0.583. The van der Waals surface area contributed by atoms with Crippen molar-refractivity contribution in [3.8, 4) is 0 Å². The Morgan fingerprint density at radius 2 is 2.38 bits per heavy atom. The highest BCUT2D eigenvalue weighted by Gasteiger charge is 2.45. The molecular formula is C12H17N3S. The molecule has 1 aliphatic carbocycles. The predicted octanol–water partition coefficient (Wildman–Crippen LogP) is 2.59. The van der Waals surface area contributed by atoms with Crippen molar-refractivity contribution in [1.29, 1.82) is 0 Å². The van der Waals surface area contributed by atoms with E-state index in [1.807, 2.05) is 0 Å². The van der Waals surface area contributed by atoms with Gasteiger partial charge in [-0.15, -0.1) is 11.3 Å². The van der Waals surface area contributed by atoms with Crippen LogP contribution in [0.3, 0.4) is 0 Å². The summed E-state index contributed by atoms with van der Waals surface area (Å²) in [4.78, 5) is 5.65. The Morgan fingerprint density at radius 3 is 3.06 bits per heavy atom. The van der Waals surface area contributed by atoms with Gasteiger partial charge in [0.2, 0.25) is 0 Å². The number of aromatic nitrogens is 2. The van der Waals surface area contributed by atoms with Crippen LogP contribution in [-0.4, -0.2) is 15.4 Å². The normalized spacial score (nSPS) is 22.8. The first-order valence-electron chi connectivity index (χ1n) is 5.72. The molecular weight excluding hydrogens is 218 g/mol. The maximum atomic E-state index is 4.55. The number of rotatable bonds is 3. The fourth-order valence-corrected chi connectivity index (χ4v) is 2.97. The largest absolute Gasteiger partial charge is 0.308 e. The predicted molar refractivity (Wildman–Crippen MR) is 66.8 cm³/mol. The summed E-state index contributed by atoms with van der Waals surface area (Å²) in [6.45, 7) is 7.65. The van der Waals surface area contributed by atoms with Crippen molar-refractivity contribution in [2.75, 3.05) is 0 Å². The van der Waals surface area contributed by atoms with Crippen LogP contribution >= 0.6 is 11.3 Å². The molecule has 0 aromatic carbocycles. The second kappa shape index (κ2) is 3.31. The zero-order valence-corrected chi connectivity index (χ0v) is 10.8. The third kappa shape index (κ3) is 1.57. The van der Waals surface area contributed by atoms with E-state index in [1.165, 1.54) is 12.1 Å².